The quantitative estimate of drug-likeness (QED) is 0.509. The van der Waals surface area contributed by atoms with Gasteiger partial charge < -0.3 is 10.5 Å². The van der Waals surface area contributed by atoms with E-state index in [0.717, 1.165) is 12.8 Å². The maximum atomic E-state index is 5.51. The highest BCUT2D eigenvalue weighted by molar-refractivity contribution is 4.83. The zero-order chi connectivity index (χ0) is 5.28. The van der Waals surface area contributed by atoms with E-state index >= 15 is 0 Å². The van der Waals surface area contributed by atoms with E-state index in [4.69, 9.17) is 10.5 Å². The molecule has 0 aromatic carbocycles. The summed E-state index contributed by atoms with van der Waals surface area (Å²) in [4.78, 5) is 0. The molecule has 2 nitrogen and oxygen atoms in total. The fourth-order valence-electron chi connectivity index (χ4n) is 0.788. The number of ether oxygens (including phenoxy) is 1. The van der Waals surface area contributed by atoms with Crippen LogP contribution in [0.4, 0.5) is 0 Å². The van der Waals surface area contributed by atoms with E-state index in [0.29, 0.717) is 12.1 Å². The largest absolute Gasteiger partial charge is 0.380 e. The number of hydrogen-bond donors (Lipinski definition) is 1. The number of rotatable bonds is 1. The highest BCUT2D eigenvalue weighted by Gasteiger charge is 2.26. The second-order valence-corrected chi connectivity index (χ2v) is 2.02. The van der Waals surface area contributed by atoms with Gasteiger partial charge in [0.2, 0.25) is 0 Å². The molecule has 1 aliphatic rings. The van der Waals surface area contributed by atoms with Crippen LogP contribution in [0.3, 0.4) is 0 Å². The lowest BCUT2D eigenvalue weighted by Gasteiger charge is -2.31. The minimum Gasteiger partial charge on any atom is -0.380 e. The van der Waals surface area contributed by atoms with Gasteiger partial charge in [0.15, 0.2) is 0 Å². The fourth-order valence-corrected chi connectivity index (χ4v) is 0.788. The van der Waals surface area contributed by atoms with Crippen LogP contribution in [0.2, 0.25) is 0 Å². The molecule has 0 aliphatic heterocycles. The first kappa shape index (κ1) is 5.06. The maximum absolute atomic E-state index is 5.51. The third-order valence-corrected chi connectivity index (χ3v) is 1.56. The van der Waals surface area contributed by atoms with Gasteiger partial charge in [-0.25, -0.2) is 0 Å². The molecular weight excluding hydrogens is 90.1 g/mol. The van der Waals surface area contributed by atoms with Gasteiger partial charge in [-0.05, 0) is 12.8 Å². The summed E-state index contributed by atoms with van der Waals surface area (Å²) >= 11 is 0. The van der Waals surface area contributed by atoms with Gasteiger partial charge in [-0.3, -0.25) is 0 Å². The molecule has 0 amide bonds. The third-order valence-electron chi connectivity index (χ3n) is 1.56. The molecule has 1 aliphatic carbocycles. The molecule has 2 N–H and O–H groups in total. The predicted molar refractivity (Wildman–Crippen MR) is 28.0 cm³/mol. The minimum atomic E-state index is 0.324. The summed E-state index contributed by atoms with van der Waals surface area (Å²) in [5.41, 5.74) is 5.51. The predicted octanol–water partition coefficient (Wildman–Crippen LogP) is 0.123. The van der Waals surface area contributed by atoms with Crippen LogP contribution in [0.25, 0.3) is 0 Å². The van der Waals surface area contributed by atoms with Crippen LogP contribution in [0, 0.1) is 0 Å². The van der Waals surface area contributed by atoms with E-state index in [9.17, 15) is 0 Å². The standard InChI is InChI=1S/C5H11NO/c1-7-5-3-2-4(5)6/h4-5H,2-3,6H2,1H3/t4?,5-/m0/s1. The molecule has 2 atom stereocenters. The molecule has 0 bridgehead atoms. The Morgan fingerprint density at radius 3 is 2.29 bits per heavy atom. The van der Waals surface area contributed by atoms with Crippen molar-refractivity contribution in [3.63, 3.8) is 0 Å². The molecule has 2 heteroatoms. The summed E-state index contributed by atoms with van der Waals surface area (Å²) in [6.45, 7) is 0. The molecule has 1 unspecified atom stereocenters. The summed E-state index contributed by atoms with van der Waals surface area (Å²) in [5.74, 6) is 0. The maximum Gasteiger partial charge on any atom is 0.0722 e. The highest BCUT2D eigenvalue weighted by atomic mass is 16.5. The zero-order valence-electron chi connectivity index (χ0n) is 4.55. The van der Waals surface area contributed by atoms with Crippen molar-refractivity contribution in [2.24, 2.45) is 5.73 Å². The molecule has 1 fully saturated rings. The normalized spacial score (nSPS) is 40.3. The lowest BCUT2D eigenvalue weighted by atomic mass is 9.90. The first-order valence-corrected chi connectivity index (χ1v) is 2.63. The molecule has 42 valence electrons. The molecular formula is C5H11NO. The lowest BCUT2D eigenvalue weighted by Crippen LogP contribution is -2.45. The summed E-state index contributed by atoms with van der Waals surface area (Å²) in [7, 11) is 1.71. The molecule has 7 heavy (non-hydrogen) atoms. The van der Waals surface area contributed by atoms with Crippen LogP contribution >= 0.6 is 0 Å². The van der Waals surface area contributed by atoms with Crippen molar-refractivity contribution in [1.82, 2.24) is 0 Å². The lowest BCUT2D eigenvalue weighted by molar-refractivity contribution is 0.0213. The molecule has 0 heterocycles. The van der Waals surface area contributed by atoms with Gasteiger partial charge in [-0.2, -0.15) is 0 Å². The van der Waals surface area contributed by atoms with Crippen LogP contribution in [-0.4, -0.2) is 19.3 Å². The zero-order valence-corrected chi connectivity index (χ0v) is 4.55. The van der Waals surface area contributed by atoms with Crippen LogP contribution in [0.1, 0.15) is 12.8 Å². The summed E-state index contributed by atoms with van der Waals surface area (Å²) in [5, 5.41) is 0. The number of hydrogen-bond acceptors (Lipinski definition) is 2. The summed E-state index contributed by atoms with van der Waals surface area (Å²) < 4.78 is 4.97. The van der Waals surface area contributed by atoms with E-state index < -0.39 is 0 Å². The van der Waals surface area contributed by atoms with Crippen molar-refractivity contribution >= 4 is 0 Å². The van der Waals surface area contributed by atoms with Crippen molar-refractivity contribution < 1.29 is 4.74 Å². The Bertz CT molecular complexity index is 63.1. The Morgan fingerprint density at radius 1 is 1.57 bits per heavy atom. The van der Waals surface area contributed by atoms with Gasteiger partial charge in [0.1, 0.15) is 0 Å². The Hall–Kier alpha value is -0.0800. The minimum absolute atomic E-state index is 0.324. The number of methoxy groups -OCH3 is 1. The van der Waals surface area contributed by atoms with E-state index in [1.54, 1.807) is 7.11 Å². The Morgan fingerprint density at radius 2 is 2.29 bits per heavy atom. The van der Waals surface area contributed by atoms with E-state index in [2.05, 4.69) is 0 Å². The first-order chi connectivity index (χ1) is 3.34. The van der Waals surface area contributed by atoms with E-state index in [1.807, 2.05) is 0 Å². The van der Waals surface area contributed by atoms with Gasteiger partial charge in [-0.1, -0.05) is 0 Å². The molecule has 1 rings (SSSR count). The highest BCUT2D eigenvalue weighted by Crippen LogP contribution is 2.19. The molecule has 0 saturated heterocycles. The Balaban J connectivity index is 2.16. The number of nitrogens with two attached hydrogens (primary N) is 1. The molecule has 0 radical (unpaired) electrons. The van der Waals surface area contributed by atoms with Crippen molar-refractivity contribution in [3.05, 3.63) is 0 Å². The second-order valence-electron chi connectivity index (χ2n) is 2.02. The summed E-state index contributed by atoms with van der Waals surface area (Å²) in [6, 6.07) is 0.324. The van der Waals surface area contributed by atoms with Crippen LogP contribution in [-0.2, 0) is 4.74 Å². The molecule has 1 saturated carbocycles. The topological polar surface area (TPSA) is 35.2 Å². The van der Waals surface area contributed by atoms with Gasteiger partial charge in [-0.15, -0.1) is 0 Å². The van der Waals surface area contributed by atoms with Crippen LogP contribution < -0.4 is 5.73 Å². The van der Waals surface area contributed by atoms with Gasteiger partial charge in [0.05, 0.1) is 6.10 Å². The molecule has 0 aromatic heterocycles. The van der Waals surface area contributed by atoms with Gasteiger partial charge >= 0.3 is 0 Å². The van der Waals surface area contributed by atoms with E-state index in [-0.39, 0.29) is 0 Å². The monoisotopic (exact) mass is 101 g/mol. The average Bonchev–Trinajstić information content (AvgIpc) is 1.65. The van der Waals surface area contributed by atoms with Crippen LogP contribution in [0.15, 0.2) is 0 Å². The van der Waals surface area contributed by atoms with Gasteiger partial charge in [0, 0.05) is 13.2 Å². The average molecular weight is 101 g/mol. The fraction of sp³-hybridized carbons (Fsp3) is 1.00. The van der Waals surface area contributed by atoms with E-state index in [1.165, 1.54) is 0 Å². The smallest absolute Gasteiger partial charge is 0.0722 e. The SMILES string of the molecule is CO[C@H]1CCC1N. The Kier molecular flexibility index (Phi) is 1.30. The van der Waals surface area contributed by atoms with Crippen molar-refractivity contribution in [3.8, 4) is 0 Å². The molecule has 0 aromatic rings. The van der Waals surface area contributed by atoms with Gasteiger partial charge in [0.25, 0.3) is 0 Å². The summed E-state index contributed by atoms with van der Waals surface area (Å²) in [6.07, 6.45) is 2.65. The van der Waals surface area contributed by atoms with Crippen LogP contribution in [0.5, 0.6) is 0 Å². The van der Waals surface area contributed by atoms with Crippen molar-refractivity contribution in [2.75, 3.05) is 7.11 Å². The Labute approximate surface area is 43.6 Å². The third kappa shape index (κ3) is 0.763. The first-order valence-electron chi connectivity index (χ1n) is 2.63. The van der Waals surface area contributed by atoms with Crippen molar-refractivity contribution in [1.29, 1.82) is 0 Å². The second kappa shape index (κ2) is 1.80. The van der Waals surface area contributed by atoms with Crippen molar-refractivity contribution in [2.45, 2.75) is 25.0 Å². The molecule has 0 spiro atoms.